The standard InChI is InChI=1S/C40H60N6O8S/c1-9-25(4)35(44-37(50)31-17-13-14-18-45(31)7)39(51)46(22-34(41)48)32(24(2)3)21-33(54-27(6)47)38-43-30(23-55-38)36(49)42-29(19-26(5)40(52)53-8)20-28-15-11-10-12-16-28/h10-12,15-16,23-26,29,31-33,35H,9,13-14,17-22H2,1-8H3,(H2,41,48)(H,42,49)(H,44,50)/t25-,26-,29+,31+,32+,33+,35-/m0/s1. The molecule has 3 rings (SSSR count). The van der Waals surface area contributed by atoms with E-state index in [2.05, 4.69) is 15.6 Å². The summed E-state index contributed by atoms with van der Waals surface area (Å²) in [6, 6.07) is 7.19. The Kier molecular flexibility index (Phi) is 17.7. The van der Waals surface area contributed by atoms with Gasteiger partial charge in [-0.05, 0) is 56.7 Å². The van der Waals surface area contributed by atoms with Crippen LogP contribution in [0, 0.1) is 17.8 Å². The molecule has 4 N–H and O–H groups in total. The number of likely N-dealkylation sites (tertiary alicyclic amines) is 1. The van der Waals surface area contributed by atoms with Gasteiger partial charge in [-0.15, -0.1) is 11.3 Å². The minimum atomic E-state index is -0.980. The van der Waals surface area contributed by atoms with Gasteiger partial charge in [0, 0.05) is 30.8 Å². The highest BCUT2D eigenvalue weighted by molar-refractivity contribution is 7.09. The third-order valence-electron chi connectivity index (χ3n) is 10.3. The molecule has 2 aromatic rings. The molecule has 15 heteroatoms. The Morgan fingerprint density at radius 2 is 1.73 bits per heavy atom. The maximum absolute atomic E-state index is 14.5. The van der Waals surface area contributed by atoms with Crippen molar-refractivity contribution in [2.45, 2.75) is 117 Å². The number of amides is 4. The molecular weight excluding hydrogens is 725 g/mol. The molecule has 14 nitrogen and oxygen atoms in total. The van der Waals surface area contributed by atoms with Gasteiger partial charge in [-0.2, -0.15) is 0 Å². The normalized spacial score (nSPS) is 17.9. The molecule has 0 bridgehead atoms. The van der Waals surface area contributed by atoms with Gasteiger partial charge < -0.3 is 30.7 Å². The Balaban J connectivity index is 1.91. The van der Waals surface area contributed by atoms with Crippen LogP contribution < -0.4 is 16.4 Å². The number of hydrogen-bond acceptors (Lipinski definition) is 11. The second-order valence-electron chi connectivity index (χ2n) is 15.0. The number of aromatic nitrogens is 1. The molecule has 304 valence electrons. The first kappa shape index (κ1) is 45.0. The van der Waals surface area contributed by atoms with Gasteiger partial charge in [0.15, 0.2) is 6.10 Å². The Bertz CT molecular complexity index is 1600. The monoisotopic (exact) mass is 784 g/mol. The SMILES string of the molecule is CC[C@H](C)[C@H](NC(=O)[C@H]1CCCCN1C)C(=O)N(CC(N)=O)[C@H](C[C@@H](OC(C)=O)c1nc(C(=O)N[C@@H](Cc2ccccc2)C[C@H](C)C(=O)OC)cs1)C(C)C. The highest BCUT2D eigenvalue weighted by atomic mass is 32.1. The van der Waals surface area contributed by atoms with Crippen molar-refractivity contribution in [1.29, 1.82) is 0 Å². The first-order valence-electron chi connectivity index (χ1n) is 19.2. The maximum Gasteiger partial charge on any atom is 0.308 e. The fraction of sp³-hybridized carbons (Fsp3) is 0.625. The largest absolute Gasteiger partial charge is 0.469 e. The van der Waals surface area contributed by atoms with Gasteiger partial charge in [-0.1, -0.05) is 77.8 Å². The third-order valence-corrected chi connectivity index (χ3v) is 11.3. The van der Waals surface area contributed by atoms with Crippen LogP contribution in [0.1, 0.15) is 107 Å². The number of nitrogens with one attached hydrogen (secondary N) is 2. The quantitative estimate of drug-likeness (QED) is 0.165. The fourth-order valence-corrected chi connectivity index (χ4v) is 7.88. The number of nitrogens with zero attached hydrogens (tertiary/aromatic N) is 3. The summed E-state index contributed by atoms with van der Waals surface area (Å²) in [5.41, 5.74) is 6.80. The van der Waals surface area contributed by atoms with Crippen molar-refractivity contribution in [3.63, 3.8) is 0 Å². The number of nitrogens with two attached hydrogens (primary N) is 1. The second-order valence-corrected chi connectivity index (χ2v) is 15.9. The van der Waals surface area contributed by atoms with Crippen LogP contribution in [0.5, 0.6) is 0 Å². The Labute approximate surface area is 329 Å². The first-order chi connectivity index (χ1) is 26.1. The van der Waals surface area contributed by atoms with E-state index < -0.39 is 60.4 Å². The number of primary amides is 1. The highest BCUT2D eigenvalue weighted by Crippen LogP contribution is 2.32. The number of esters is 2. The van der Waals surface area contributed by atoms with Crippen LogP contribution >= 0.6 is 11.3 Å². The number of likely N-dealkylation sites (N-methyl/N-ethyl adjacent to an activating group) is 1. The average Bonchev–Trinajstić information content (AvgIpc) is 3.64. The molecule has 1 aromatic carbocycles. The zero-order valence-electron chi connectivity index (χ0n) is 33.5. The minimum absolute atomic E-state index is 0.0463. The van der Waals surface area contributed by atoms with E-state index in [-0.39, 0.29) is 41.9 Å². The van der Waals surface area contributed by atoms with Gasteiger partial charge in [-0.25, -0.2) is 4.98 Å². The van der Waals surface area contributed by atoms with Crippen molar-refractivity contribution in [1.82, 2.24) is 25.4 Å². The molecule has 7 atom stereocenters. The lowest BCUT2D eigenvalue weighted by molar-refractivity contribution is -0.150. The summed E-state index contributed by atoms with van der Waals surface area (Å²) >= 11 is 1.13. The van der Waals surface area contributed by atoms with Crippen LogP contribution in [0.4, 0.5) is 0 Å². The van der Waals surface area contributed by atoms with Crippen LogP contribution in [0.2, 0.25) is 0 Å². The third kappa shape index (κ3) is 13.4. The van der Waals surface area contributed by atoms with Crippen LogP contribution in [-0.2, 0) is 39.9 Å². The van der Waals surface area contributed by atoms with Crippen LogP contribution in [0.3, 0.4) is 0 Å². The van der Waals surface area contributed by atoms with Crippen molar-refractivity contribution >= 4 is 46.9 Å². The molecule has 2 heterocycles. The lowest BCUT2D eigenvalue weighted by atomic mass is 9.92. The van der Waals surface area contributed by atoms with E-state index in [9.17, 15) is 28.8 Å². The summed E-state index contributed by atoms with van der Waals surface area (Å²) in [6.07, 6.45) is 3.04. The number of carbonyl (C=O) groups is 6. The molecule has 1 fully saturated rings. The number of rotatable bonds is 20. The van der Waals surface area contributed by atoms with E-state index >= 15 is 0 Å². The Morgan fingerprint density at radius 3 is 2.31 bits per heavy atom. The summed E-state index contributed by atoms with van der Waals surface area (Å²) in [5.74, 6) is -3.86. The number of piperidine rings is 1. The summed E-state index contributed by atoms with van der Waals surface area (Å²) < 4.78 is 10.7. The average molecular weight is 785 g/mol. The van der Waals surface area contributed by atoms with Crippen molar-refractivity contribution in [3.8, 4) is 0 Å². The van der Waals surface area contributed by atoms with Crippen LogP contribution in [-0.4, -0.2) is 102 Å². The van der Waals surface area contributed by atoms with Crippen molar-refractivity contribution in [2.24, 2.45) is 23.5 Å². The zero-order chi connectivity index (χ0) is 40.8. The van der Waals surface area contributed by atoms with Gasteiger partial charge >= 0.3 is 11.9 Å². The lowest BCUT2D eigenvalue weighted by Crippen LogP contribution is -2.59. The summed E-state index contributed by atoms with van der Waals surface area (Å²) in [4.78, 5) is 86.9. The van der Waals surface area contributed by atoms with Gasteiger partial charge in [0.1, 0.15) is 16.7 Å². The second kappa shape index (κ2) is 21.6. The smallest absolute Gasteiger partial charge is 0.308 e. The molecule has 1 aliphatic heterocycles. The molecule has 1 aromatic heterocycles. The van der Waals surface area contributed by atoms with Gasteiger partial charge in [0.25, 0.3) is 5.91 Å². The molecule has 0 spiro atoms. The van der Waals surface area contributed by atoms with Crippen molar-refractivity contribution in [3.05, 3.63) is 52.0 Å². The van der Waals surface area contributed by atoms with E-state index in [4.69, 9.17) is 15.2 Å². The number of methoxy groups -OCH3 is 1. The number of carbonyl (C=O) groups excluding carboxylic acids is 6. The van der Waals surface area contributed by atoms with Crippen LogP contribution in [0.25, 0.3) is 0 Å². The lowest BCUT2D eigenvalue weighted by Gasteiger charge is -2.39. The first-order valence-corrected chi connectivity index (χ1v) is 20.1. The fourth-order valence-electron chi connectivity index (χ4n) is 7.04. The number of ether oxygens (including phenoxy) is 2. The molecule has 0 aliphatic carbocycles. The van der Waals surface area contributed by atoms with Crippen LogP contribution in [0.15, 0.2) is 35.7 Å². The molecule has 0 saturated carbocycles. The molecular formula is C40H60N6O8S. The number of thiazole rings is 1. The molecule has 1 saturated heterocycles. The van der Waals surface area contributed by atoms with E-state index in [1.807, 2.05) is 70.0 Å². The molecule has 0 unspecified atom stereocenters. The van der Waals surface area contributed by atoms with Gasteiger partial charge in [0.2, 0.25) is 17.7 Å². The molecule has 55 heavy (non-hydrogen) atoms. The van der Waals surface area contributed by atoms with Gasteiger partial charge in [-0.3, -0.25) is 33.7 Å². The Morgan fingerprint density at radius 1 is 1.04 bits per heavy atom. The topological polar surface area (TPSA) is 190 Å². The summed E-state index contributed by atoms with van der Waals surface area (Å²) in [5, 5.41) is 7.92. The highest BCUT2D eigenvalue weighted by Gasteiger charge is 2.39. The van der Waals surface area contributed by atoms with Gasteiger partial charge in [0.05, 0.1) is 25.6 Å². The van der Waals surface area contributed by atoms with Crippen molar-refractivity contribution < 1.29 is 38.2 Å². The maximum atomic E-state index is 14.5. The summed E-state index contributed by atoms with van der Waals surface area (Å²) in [7, 11) is 3.22. The van der Waals surface area contributed by atoms with E-state index in [0.717, 1.165) is 36.3 Å². The predicted molar refractivity (Wildman–Crippen MR) is 210 cm³/mol. The van der Waals surface area contributed by atoms with E-state index in [1.54, 1.807) is 12.3 Å². The molecule has 0 radical (unpaired) electrons. The van der Waals surface area contributed by atoms with E-state index in [1.165, 1.54) is 18.9 Å². The Hall–Kier alpha value is -4.37. The predicted octanol–water partition coefficient (Wildman–Crippen LogP) is 4.03. The van der Waals surface area contributed by atoms with E-state index in [0.29, 0.717) is 30.7 Å². The summed E-state index contributed by atoms with van der Waals surface area (Å²) in [6.45, 7) is 10.9. The minimum Gasteiger partial charge on any atom is -0.469 e. The molecule has 4 amide bonds. The number of hydrogen-bond donors (Lipinski definition) is 3. The molecule has 1 aliphatic rings. The zero-order valence-corrected chi connectivity index (χ0v) is 34.4. The van der Waals surface area contributed by atoms with Crippen molar-refractivity contribution in [2.75, 3.05) is 27.2 Å². The number of benzene rings is 1.